The van der Waals surface area contributed by atoms with Crippen molar-refractivity contribution in [2.45, 2.75) is 65.6 Å². The number of benzene rings is 1. The van der Waals surface area contributed by atoms with Gasteiger partial charge in [0.25, 0.3) is 11.8 Å². The number of nitrogens with zero attached hydrogens (tertiary/aromatic N) is 1. The molecule has 0 spiro atoms. The van der Waals surface area contributed by atoms with Crippen LogP contribution in [0.15, 0.2) is 30.3 Å². The molecule has 2 aromatic rings. The molecule has 1 aromatic carbocycles. The second kappa shape index (κ2) is 10.8. The molecule has 5 amide bonds. The second-order valence-corrected chi connectivity index (χ2v) is 13.7. The third kappa shape index (κ3) is 5.62. The molecular weight excluding hydrogens is 552 g/mol. The zero-order chi connectivity index (χ0) is 31.4. The number of Topliss-reactive ketones (excluding diaryl/α,β-unsaturated/α-hetero) is 1. The van der Waals surface area contributed by atoms with Gasteiger partial charge in [0.15, 0.2) is 0 Å². The number of ketones is 1. The van der Waals surface area contributed by atoms with Gasteiger partial charge in [0.05, 0.1) is 6.04 Å². The summed E-state index contributed by atoms with van der Waals surface area (Å²) in [4.78, 5) is 82.8. The van der Waals surface area contributed by atoms with Crippen molar-refractivity contribution >= 4 is 46.2 Å². The van der Waals surface area contributed by atoms with Crippen LogP contribution in [0.3, 0.4) is 0 Å². The molecule has 2 aliphatic heterocycles. The van der Waals surface area contributed by atoms with Crippen LogP contribution in [-0.4, -0.2) is 76.4 Å². The van der Waals surface area contributed by atoms with Crippen LogP contribution in [0.5, 0.6) is 0 Å². The Morgan fingerprint density at radius 2 is 1.81 bits per heavy atom. The molecule has 2 saturated heterocycles. The first-order chi connectivity index (χ1) is 20.1. The van der Waals surface area contributed by atoms with Crippen molar-refractivity contribution in [3.63, 3.8) is 0 Å². The highest BCUT2D eigenvalue weighted by molar-refractivity contribution is 6.38. The van der Waals surface area contributed by atoms with E-state index in [4.69, 9.17) is 5.73 Å². The van der Waals surface area contributed by atoms with Gasteiger partial charge in [-0.25, -0.2) is 0 Å². The third-order valence-corrected chi connectivity index (χ3v) is 9.48. The zero-order valence-corrected chi connectivity index (χ0v) is 25.2. The van der Waals surface area contributed by atoms with Crippen LogP contribution in [-0.2, 0) is 24.0 Å². The van der Waals surface area contributed by atoms with Crippen LogP contribution >= 0.6 is 0 Å². The number of hydrogen-bond donors (Lipinski definition) is 5. The van der Waals surface area contributed by atoms with Gasteiger partial charge < -0.3 is 31.6 Å². The van der Waals surface area contributed by atoms with Gasteiger partial charge in [-0.2, -0.15) is 0 Å². The number of nitrogens with one attached hydrogen (secondary N) is 4. The van der Waals surface area contributed by atoms with Gasteiger partial charge in [0.1, 0.15) is 17.8 Å². The van der Waals surface area contributed by atoms with E-state index < -0.39 is 58.9 Å². The molecule has 12 nitrogen and oxygen atoms in total. The van der Waals surface area contributed by atoms with Crippen LogP contribution in [0.2, 0.25) is 0 Å². The molecule has 3 aliphatic rings. The SMILES string of the molecule is CC(C)(C)[C@H](NC(=O)c1cc2ccccc2[nH]1)C(=O)N1C[C@H]2[C@@H]([C@H]1C(=O)N[C@@H](C[C@@H]1CCNC1=O)C(=O)C(N)=O)C2(C)C. The van der Waals surface area contributed by atoms with Crippen molar-refractivity contribution in [2.75, 3.05) is 13.1 Å². The summed E-state index contributed by atoms with van der Waals surface area (Å²) in [5.41, 5.74) is 5.46. The van der Waals surface area contributed by atoms with Gasteiger partial charge in [0, 0.05) is 29.9 Å². The number of nitrogens with two attached hydrogens (primary N) is 1. The molecule has 1 aliphatic carbocycles. The standard InChI is InChI=1S/C31H40N6O6/c1-30(2,3)24(36-27(41)20-12-15-8-6-7-9-18(15)34-20)29(43)37-14-17-21(31(17,4)5)22(37)28(42)35-19(23(38)25(32)39)13-16-10-11-33-26(16)40/h6-9,12,16-17,19,21-22,24,34H,10-11,13-14H2,1-5H3,(H2,32,39)(H,33,40)(H,35,42)(H,36,41)/t16-,17-,19-,21-,22-,24+/m0/s1. The minimum atomic E-state index is -1.29. The van der Waals surface area contributed by atoms with E-state index in [0.717, 1.165) is 10.9 Å². The van der Waals surface area contributed by atoms with Crippen LogP contribution < -0.4 is 21.7 Å². The summed E-state index contributed by atoms with van der Waals surface area (Å²) in [6.07, 6.45) is 0.398. The monoisotopic (exact) mass is 592 g/mol. The second-order valence-electron chi connectivity index (χ2n) is 13.7. The van der Waals surface area contributed by atoms with Crippen LogP contribution in [0, 0.1) is 28.6 Å². The first-order valence-electron chi connectivity index (χ1n) is 14.7. The van der Waals surface area contributed by atoms with E-state index in [1.165, 1.54) is 4.90 Å². The molecule has 6 N–H and O–H groups in total. The van der Waals surface area contributed by atoms with Crippen molar-refractivity contribution in [3.8, 4) is 0 Å². The summed E-state index contributed by atoms with van der Waals surface area (Å²) in [5.74, 6) is -4.58. The topological polar surface area (TPSA) is 184 Å². The largest absolute Gasteiger partial charge is 0.363 e. The van der Waals surface area contributed by atoms with E-state index in [1.54, 1.807) is 6.07 Å². The van der Waals surface area contributed by atoms with Gasteiger partial charge in [0.2, 0.25) is 23.5 Å². The summed E-state index contributed by atoms with van der Waals surface area (Å²) < 4.78 is 0. The predicted molar refractivity (Wildman–Crippen MR) is 157 cm³/mol. The number of para-hydroxylation sites is 1. The Kier molecular flexibility index (Phi) is 7.60. The number of aromatic nitrogens is 1. The Morgan fingerprint density at radius 3 is 2.42 bits per heavy atom. The predicted octanol–water partition coefficient (Wildman–Crippen LogP) is 0.861. The molecule has 230 valence electrons. The Labute approximate surface area is 249 Å². The van der Waals surface area contributed by atoms with Crippen molar-refractivity contribution in [3.05, 3.63) is 36.0 Å². The molecule has 1 saturated carbocycles. The van der Waals surface area contributed by atoms with E-state index in [-0.39, 0.29) is 29.6 Å². The van der Waals surface area contributed by atoms with Gasteiger partial charge in [-0.05, 0) is 47.6 Å². The summed E-state index contributed by atoms with van der Waals surface area (Å²) in [7, 11) is 0. The average Bonchev–Trinajstić information content (AvgIpc) is 3.45. The summed E-state index contributed by atoms with van der Waals surface area (Å²) >= 11 is 0. The van der Waals surface area contributed by atoms with E-state index in [0.29, 0.717) is 25.2 Å². The fourth-order valence-corrected chi connectivity index (χ4v) is 6.85. The average molecular weight is 593 g/mol. The quantitative estimate of drug-likeness (QED) is 0.269. The Morgan fingerprint density at radius 1 is 1.12 bits per heavy atom. The number of aromatic amines is 1. The minimum Gasteiger partial charge on any atom is -0.363 e. The maximum absolute atomic E-state index is 14.2. The van der Waals surface area contributed by atoms with E-state index >= 15 is 0 Å². The van der Waals surface area contributed by atoms with E-state index in [1.807, 2.05) is 58.9 Å². The maximum atomic E-state index is 14.2. The number of fused-ring (bicyclic) bond motifs is 2. The molecule has 12 heteroatoms. The molecule has 0 unspecified atom stereocenters. The third-order valence-electron chi connectivity index (χ3n) is 9.48. The van der Waals surface area contributed by atoms with Crippen LogP contribution in [0.1, 0.15) is 57.9 Å². The van der Waals surface area contributed by atoms with Gasteiger partial charge in [-0.15, -0.1) is 0 Å². The lowest BCUT2D eigenvalue weighted by atomic mass is 9.85. The molecule has 0 bridgehead atoms. The summed E-state index contributed by atoms with van der Waals surface area (Å²) in [6.45, 7) is 10.3. The Hall–Kier alpha value is -4.22. The van der Waals surface area contributed by atoms with E-state index in [9.17, 15) is 28.8 Å². The molecular formula is C31H40N6O6. The zero-order valence-electron chi connectivity index (χ0n) is 25.2. The Balaban J connectivity index is 1.38. The smallest absolute Gasteiger partial charge is 0.287 e. The molecule has 3 heterocycles. The van der Waals surface area contributed by atoms with Crippen molar-refractivity contribution in [1.82, 2.24) is 25.8 Å². The van der Waals surface area contributed by atoms with Gasteiger partial charge in [-0.3, -0.25) is 28.8 Å². The van der Waals surface area contributed by atoms with Crippen molar-refractivity contribution in [2.24, 2.45) is 34.3 Å². The number of hydrogen-bond acceptors (Lipinski definition) is 6. The lowest BCUT2D eigenvalue weighted by Crippen LogP contribution is -2.60. The normalized spacial score (nSPS) is 25.4. The molecule has 0 radical (unpaired) electrons. The first kappa shape index (κ1) is 30.2. The number of piperidine rings is 1. The maximum Gasteiger partial charge on any atom is 0.287 e. The minimum absolute atomic E-state index is 0.0446. The number of rotatable bonds is 9. The molecule has 5 rings (SSSR count). The fraction of sp³-hybridized carbons (Fsp3) is 0.548. The molecule has 1 aromatic heterocycles. The van der Waals surface area contributed by atoms with E-state index in [2.05, 4.69) is 20.9 Å². The lowest BCUT2D eigenvalue weighted by Gasteiger charge is -2.38. The number of H-pyrrole nitrogens is 1. The Bertz CT molecular complexity index is 1470. The number of amides is 5. The van der Waals surface area contributed by atoms with Crippen LogP contribution in [0.25, 0.3) is 10.9 Å². The highest BCUT2D eigenvalue weighted by atomic mass is 16.2. The lowest BCUT2D eigenvalue weighted by molar-refractivity contribution is -0.145. The highest BCUT2D eigenvalue weighted by Gasteiger charge is 2.70. The number of likely N-dealkylation sites (tertiary alicyclic amines) is 1. The number of carbonyl (C=O) groups is 6. The molecule has 43 heavy (non-hydrogen) atoms. The fourth-order valence-electron chi connectivity index (χ4n) is 6.85. The first-order valence-corrected chi connectivity index (χ1v) is 14.7. The highest BCUT2D eigenvalue weighted by Crippen LogP contribution is 2.65. The van der Waals surface area contributed by atoms with Crippen molar-refractivity contribution < 1.29 is 28.8 Å². The summed E-state index contributed by atoms with van der Waals surface area (Å²) in [6, 6.07) is 6.00. The number of primary amides is 1. The number of carbonyl (C=O) groups excluding carboxylic acids is 6. The molecule has 3 fully saturated rings. The van der Waals surface area contributed by atoms with Crippen molar-refractivity contribution in [1.29, 1.82) is 0 Å². The summed E-state index contributed by atoms with van der Waals surface area (Å²) in [5, 5.41) is 9.12. The van der Waals surface area contributed by atoms with Gasteiger partial charge in [-0.1, -0.05) is 52.8 Å². The van der Waals surface area contributed by atoms with Crippen LogP contribution in [0.4, 0.5) is 0 Å². The molecule has 6 atom stereocenters. The van der Waals surface area contributed by atoms with Gasteiger partial charge >= 0.3 is 0 Å².